The SMILES string of the molecule is O=C1C2=C(CCCC2)C(=O)N1c1ccc2onc(-c3ccccc3O)c2c1. The lowest BCUT2D eigenvalue weighted by Gasteiger charge is -2.15. The van der Waals surface area contributed by atoms with E-state index in [0.717, 1.165) is 12.8 Å². The van der Waals surface area contributed by atoms with Crippen LogP contribution in [-0.2, 0) is 9.59 Å². The summed E-state index contributed by atoms with van der Waals surface area (Å²) in [5, 5.41) is 14.8. The molecule has 6 nitrogen and oxygen atoms in total. The Labute approximate surface area is 154 Å². The van der Waals surface area contributed by atoms with Crippen molar-refractivity contribution < 1.29 is 19.2 Å². The number of nitrogens with zero attached hydrogens (tertiary/aromatic N) is 2. The van der Waals surface area contributed by atoms with Gasteiger partial charge in [0.25, 0.3) is 11.8 Å². The third kappa shape index (κ3) is 2.30. The number of imide groups is 1. The standard InChI is InChI=1S/C21H16N2O4/c24-17-8-4-3-7-15(17)19-16-11-12(9-10-18(16)27-22-19)23-20(25)13-5-1-2-6-14(13)21(23)26/h3-4,7-11,24H,1-2,5-6H2. The van der Waals surface area contributed by atoms with Gasteiger partial charge in [0, 0.05) is 16.7 Å². The first kappa shape index (κ1) is 15.8. The van der Waals surface area contributed by atoms with E-state index in [9.17, 15) is 14.7 Å². The van der Waals surface area contributed by atoms with Crippen molar-refractivity contribution in [2.24, 2.45) is 0 Å². The maximum absolute atomic E-state index is 12.8. The third-order valence-corrected chi connectivity index (χ3v) is 5.26. The molecule has 0 radical (unpaired) electrons. The van der Waals surface area contributed by atoms with E-state index in [0.29, 0.717) is 51.9 Å². The summed E-state index contributed by atoms with van der Waals surface area (Å²) < 4.78 is 5.36. The van der Waals surface area contributed by atoms with Crippen molar-refractivity contribution in [1.82, 2.24) is 5.16 Å². The predicted octanol–water partition coefficient (Wildman–Crippen LogP) is 3.94. The van der Waals surface area contributed by atoms with Crippen molar-refractivity contribution in [3.8, 4) is 17.0 Å². The number of carbonyl (C=O) groups excluding carboxylic acids is 2. The zero-order chi connectivity index (χ0) is 18.5. The number of amides is 2. The second-order valence-corrected chi connectivity index (χ2v) is 6.84. The Morgan fingerprint density at radius 3 is 2.37 bits per heavy atom. The average Bonchev–Trinajstić information content (AvgIpc) is 3.21. The van der Waals surface area contributed by atoms with E-state index >= 15 is 0 Å². The van der Waals surface area contributed by atoms with Crippen LogP contribution in [-0.4, -0.2) is 22.1 Å². The zero-order valence-electron chi connectivity index (χ0n) is 14.4. The molecule has 0 atom stereocenters. The lowest BCUT2D eigenvalue weighted by atomic mass is 9.93. The lowest BCUT2D eigenvalue weighted by Crippen LogP contribution is -2.31. The molecule has 134 valence electrons. The Balaban J connectivity index is 1.62. The van der Waals surface area contributed by atoms with Crippen molar-refractivity contribution in [3.63, 3.8) is 0 Å². The van der Waals surface area contributed by atoms with Crippen LogP contribution in [0.1, 0.15) is 25.7 Å². The maximum Gasteiger partial charge on any atom is 0.261 e. The summed E-state index contributed by atoms with van der Waals surface area (Å²) in [4.78, 5) is 26.9. The van der Waals surface area contributed by atoms with Gasteiger partial charge in [-0.2, -0.15) is 0 Å². The fourth-order valence-corrected chi connectivity index (χ4v) is 3.91. The molecule has 27 heavy (non-hydrogen) atoms. The summed E-state index contributed by atoms with van der Waals surface area (Å²) >= 11 is 0. The van der Waals surface area contributed by atoms with Gasteiger partial charge in [-0.25, -0.2) is 4.90 Å². The number of aromatic nitrogens is 1. The number of phenols is 1. The van der Waals surface area contributed by atoms with Gasteiger partial charge in [0.1, 0.15) is 11.4 Å². The molecule has 0 saturated carbocycles. The number of rotatable bonds is 2. The summed E-state index contributed by atoms with van der Waals surface area (Å²) in [5.74, 6) is -0.368. The number of anilines is 1. The van der Waals surface area contributed by atoms with Gasteiger partial charge in [-0.15, -0.1) is 0 Å². The van der Waals surface area contributed by atoms with Crippen LogP contribution >= 0.6 is 0 Å². The average molecular weight is 360 g/mol. The second kappa shape index (κ2) is 5.81. The van der Waals surface area contributed by atoms with Crippen LogP contribution in [0.15, 0.2) is 58.1 Å². The van der Waals surface area contributed by atoms with Gasteiger partial charge in [0.2, 0.25) is 0 Å². The van der Waals surface area contributed by atoms with Gasteiger partial charge in [-0.1, -0.05) is 17.3 Å². The van der Waals surface area contributed by atoms with Gasteiger partial charge >= 0.3 is 0 Å². The second-order valence-electron chi connectivity index (χ2n) is 6.84. The van der Waals surface area contributed by atoms with E-state index in [1.54, 1.807) is 42.5 Å². The Morgan fingerprint density at radius 1 is 0.963 bits per heavy atom. The van der Waals surface area contributed by atoms with Crippen LogP contribution in [0.5, 0.6) is 5.75 Å². The van der Waals surface area contributed by atoms with Crippen LogP contribution in [0.4, 0.5) is 5.69 Å². The number of fused-ring (bicyclic) bond motifs is 1. The Morgan fingerprint density at radius 2 is 1.67 bits per heavy atom. The molecule has 0 saturated heterocycles. The molecular weight excluding hydrogens is 344 g/mol. The van der Waals surface area contributed by atoms with E-state index in [-0.39, 0.29) is 17.6 Å². The molecule has 0 unspecified atom stereocenters. The molecule has 3 aromatic rings. The number of benzene rings is 2. The number of phenolic OH excluding ortho intramolecular Hbond substituents is 1. The molecule has 2 aromatic carbocycles. The van der Waals surface area contributed by atoms with E-state index in [4.69, 9.17) is 4.52 Å². The van der Waals surface area contributed by atoms with Crippen molar-refractivity contribution in [1.29, 1.82) is 0 Å². The summed E-state index contributed by atoms with van der Waals surface area (Å²) in [6.45, 7) is 0. The number of hydrogen-bond donors (Lipinski definition) is 1. The van der Waals surface area contributed by atoms with E-state index in [1.165, 1.54) is 4.90 Å². The highest BCUT2D eigenvalue weighted by molar-refractivity contribution is 6.33. The van der Waals surface area contributed by atoms with E-state index < -0.39 is 0 Å². The lowest BCUT2D eigenvalue weighted by molar-refractivity contribution is -0.120. The van der Waals surface area contributed by atoms with Crippen molar-refractivity contribution in [2.75, 3.05) is 4.90 Å². The minimum atomic E-state index is -0.227. The number of carbonyl (C=O) groups is 2. The smallest absolute Gasteiger partial charge is 0.261 e. The van der Waals surface area contributed by atoms with Crippen LogP contribution in [0.25, 0.3) is 22.2 Å². The summed E-state index contributed by atoms with van der Waals surface area (Å²) in [5.41, 5.74) is 3.32. The first-order chi connectivity index (χ1) is 13.1. The Kier molecular flexibility index (Phi) is 3.40. The molecular formula is C21H16N2O4. The summed E-state index contributed by atoms with van der Waals surface area (Å²) in [7, 11) is 0. The monoisotopic (exact) mass is 360 g/mol. The topological polar surface area (TPSA) is 83.6 Å². The molecule has 1 aliphatic heterocycles. The van der Waals surface area contributed by atoms with E-state index in [2.05, 4.69) is 5.16 Å². The van der Waals surface area contributed by atoms with Crippen LogP contribution < -0.4 is 4.90 Å². The first-order valence-corrected chi connectivity index (χ1v) is 8.94. The predicted molar refractivity (Wildman–Crippen MR) is 99.1 cm³/mol. The van der Waals surface area contributed by atoms with Crippen molar-refractivity contribution in [2.45, 2.75) is 25.7 Å². The van der Waals surface area contributed by atoms with Crippen LogP contribution in [0, 0.1) is 0 Å². The van der Waals surface area contributed by atoms with Crippen LogP contribution in [0.2, 0.25) is 0 Å². The number of hydrogen-bond acceptors (Lipinski definition) is 5. The molecule has 2 amide bonds. The minimum Gasteiger partial charge on any atom is -0.507 e. The molecule has 5 rings (SSSR count). The molecule has 2 heterocycles. The molecule has 0 fully saturated rings. The highest BCUT2D eigenvalue weighted by atomic mass is 16.5. The van der Waals surface area contributed by atoms with Gasteiger partial charge in [-0.3, -0.25) is 9.59 Å². The van der Waals surface area contributed by atoms with Gasteiger partial charge in [0.05, 0.1) is 11.1 Å². The Hall–Kier alpha value is -3.41. The van der Waals surface area contributed by atoms with Gasteiger partial charge < -0.3 is 9.63 Å². The molecule has 1 aliphatic carbocycles. The maximum atomic E-state index is 12.8. The third-order valence-electron chi connectivity index (χ3n) is 5.26. The van der Waals surface area contributed by atoms with Crippen LogP contribution in [0.3, 0.4) is 0 Å². The largest absolute Gasteiger partial charge is 0.507 e. The summed E-state index contributed by atoms with van der Waals surface area (Å²) in [6.07, 6.45) is 3.20. The molecule has 0 spiro atoms. The van der Waals surface area contributed by atoms with Gasteiger partial charge in [-0.05, 0) is 56.0 Å². The van der Waals surface area contributed by atoms with E-state index in [1.807, 2.05) is 0 Å². The molecule has 6 heteroatoms. The number of aromatic hydroxyl groups is 1. The van der Waals surface area contributed by atoms with Crippen molar-refractivity contribution in [3.05, 3.63) is 53.6 Å². The quantitative estimate of drug-likeness (QED) is 0.700. The van der Waals surface area contributed by atoms with Crippen molar-refractivity contribution >= 4 is 28.5 Å². The molecule has 1 N–H and O–H groups in total. The minimum absolute atomic E-state index is 0.0866. The highest BCUT2D eigenvalue weighted by Gasteiger charge is 2.39. The number of para-hydroxylation sites is 1. The summed E-state index contributed by atoms with van der Waals surface area (Å²) in [6, 6.07) is 11.9. The van der Waals surface area contributed by atoms with Gasteiger partial charge in [0.15, 0.2) is 5.58 Å². The normalized spacial score (nSPS) is 17.1. The molecule has 2 aliphatic rings. The Bertz CT molecular complexity index is 1110. The molecule has 1 aromatic heterocycles. The fourth-order valence-electron chi connectivity index (χ4n) is 3.91. The first-order valence-electron chi connectivity index (χ1n) is 8.94. The highest BCUT2D eigenvalue weighted by Crippen LogP contribution is 2.39. The molecule has 0 bridgehead atoms. The zero-order valence-corrected chi connectivity index (χ0v) is 14.4. The fraction of sp³-hybridized carbons (Fsp3) is 0.190.